The lowest BCUT2D eigenvalue weighted by Gasteiger charge is -2.50. The van der Waals surface area contributed by atoms with Crippen molar-refractivity contribution in [1.29, 1.82) is 0 Å². The van der Waals surface area contributed by atoms with Gasteiger partial charge in [0, 0.05) is 18.5 Å². The van der Waals surface area contributed by atoms with Gasteiger partial charge in [-0.05, 0) is 87.7 Å². The minimum absolute atomic E-state index is 0.0837. The Balaban J connectivity index is 1.69. The number of carbonyl (C=O) groups excluding carboxylic acids is 3. The third kappa shape index (κ3) is 4.28. The SMILES string of the molecule is CCc1cc(C#CC2=CCCCC2)c(O)c2c1CC1CC3C(N(C)C)C(=O)C(C(=O)NC)=C(O)C3(O)C(=O)C1=C2O. The first-order valence-electron chi connectivity index (χ1n) is 14.1. The number of hydrogen-bond donors (Lipinski definition) is 5. The summed E-state index contributed by atoms with van der Waals surface area (Å²) in [6.45, 7) is 1.96. The summed E-state index contributed by atoms with van der Waals surface area (Å²) >= 11 is 0. The van der Waals surface area contributed by atoms with Gasteiger partial charge in [0.1, 0.15) is 22.8 Å². The van der Waals surface area contributed by atoms with E-state index in [-0.39, 0.29) is 29.7 Å². The fraction of sp³-hybridized carbons (Fsp3) is 0.469. The zero-order valence-corrected chi connectivity index (χ0v) is 23.8. The average molecular weight is 561 g/mol. The molecular weight excluding hydrogens is 524 g/mol. The zero-order chi connectivity index (χ0) is 29.8. The molecule has 0 radical (unpaired) electrons. The Morgan fingerprint density at radius 2 is 1.90 bits per heavy atom. The number of amides is 1. The van der Waals surface area contributed by atoms with Crippen LogP contribution in [0.5, 0.6) is 5.75 Å². The van der Waals surface area contributed by atoms with E-state index < -0.39 is 58.0 Å². The predicted octanol–water partition coefficient (Wildman–Crippen LogP) is 2.64. The molecule has 0 saturated heterocycles. The number of nitrogens with one attached hydrogen (secondary N) is 1. The Bertz CT molecular complexity index is 1520. The number of carbonyl (C=O) groups is 3. The van der Waals surface area contributed by atoms with Gasteiger partial charge >= 0.3 is 0 Å². The van der Waals surface area contributed by atoms with Crippen molar-refractivity contribution in [3.8, 4) is 17.6 Å². The van der Waals surface area contributed by atoms with Crippen LogP contribution < -0.4 is 5.32 Å². The highest BCUT2D eigenvalue weighted by Gasteiger charge is 2.64. The Hall–Kier alpha value is -3.87. The van der Waals surface area contributed by atoms with E-state index >= 15 is 0 Å². The van der Waals surface area contributed by atoms with Gasteiger partial charge in [0.15, 0.2) is 11.4 Å². The number of rotatable bonds is 3. The second-order valence-electron chi connectivity index (χ2n) is 11.5. The second kappa shape index (κ2) is 10.5. The van der Waals surface area contributed by atoms with Crippen LogP contribution in [0.15, 0.2) is 34.6 Å². The molecule has 0 aliphatic heterocycles. The first-order chi connectivity index (χ1) is 19.5. The van der Waals surface area contributed by atoms with Crippen LogP contribution in [-0.4, -0.2) is 75.6 Å². The van der Waals surface area contributed by atoms with E-state index in [9.17, 15) is 34.8 Å². The molecule has 1 amide bonds. The lowest BCUT2D eigenvalue weighted by molar-refractivity contribution is -0.153. The molecule has 0 aromatic heterocycles. The van der Waals surface area contributed by atoms with E-state index in [1.54, 1.807) is 14.1 Å². The van der Waals surface area contributed by atoms with Crippen LogP contribution >= 0.6 is 0 Å². The molecule has 1 aromatic carbocycles. The number of phenols is 1. The van der Waals surface area contributed by atoms with E-state index in [4.69, 9.17) is 0 Å². The van der Waals surface area contributed by atoms with Crippen molar-refractivity contribution in [2.45, 2.75) is 63.5 Å². The highest BCUT2D eigenvalue weighted by molar-refractivity contribution is 6.24. The average Bonchev–Trinajstić information content (AvgIpc) is 2.94. The summed E-state index contributed by atoms with van der Waals surface area (Å²) in [5.74, 6) is 0.197. The number of fused-ring (bicyclic) bond motifs is 3. The minimum Gasteiger partial charge on any atom is -0.508 e. The summed E-state index contributed by atoms with van der Waals surface area (Å²) < 4.78 is 0. The Labute approximate surface area is 239 Å². The fourth-order valence-corrected chi connectivity index (χ4v) is 7.00. The standard InChI is InChI=1S/C32H36N2O7/c1-5-17-13-18(12-11-16-9-7-6-8-10-16)26(35)23-20(17)14-19-15-21-25(34(3)4)28(37)24(31(40)33-2)30(39)32(21,41)29(38)22(19)27(23)36/h9,13,19,21,25,35-36,39,41H,5-8,10,14-15H2,1-4H3,(H,33,40). The van der Waals surface area contributed by atoms with Gasteiger partial charge < -0.3 is 25.7 Å². The highest BCUT2D eigenvalue weighted by Crippen LogP contribution is 2.53. The van der Waals surface area contributed by atoms with E-state index in [1.807, 2.05) is 13.0 Å². The first kappa shape index (κ1) is 28.7. The van der Waals surface area contributed by atoms with Gasteiger partial charge in [0.2, 0.25) is 5.78 Å². The molecule has 4 aliphatic rings. The largest absolute Gasteiger partial charge is 0.508 e. The molecule has 1 fully saturated rings. The number of hydrogen-bond acceptors (Lipinski definition) is 8. The van der Waals surface area contributed by atoms with Gasteiger partial charge in [0.05, 0.1) is 17.2 Å². The molecule has 9 nitrogen and oxygen atoms in total. The third-order valence-corrected chi connectivity index (χ3v) is 9.05. The predicted molar refractivity (Wildman–Crippen MR) is 152 cm³/mol. The lowest BCUT2D eigenvalue weighted by Crippen LogP contribution is -2.65. The zero-order valence-electron chi connectivity index (χ0n) is 23.8. The maximum atomic E-state index is 14.1. The number of nitrogens with zero attached hydrogens (tertiary/aromatic N) is 1. The molecular formula is C32H36N2O7. The van der Waals surface area contributed by atoms with Crippen LogP contribution in [0.25, 0.3) is 5.76 Å². The maximum Gasteiger partial charge on any atom is 0.258 e. The quantitative estimate of drug-likeness (QED) is 0.280. The summed E-state index contributed by atoms with van der Waals surface area (Å²) in [7, 11) is 4.49. The number of aromatic hydroxyl groups is 1. The van der Waals surface area contributed by atoms with Crippen LogP contribution in [0.3, 0.4) is 0 Å². The van der Waals surface area contributed by atoms with Crippen LogP contribution in [0.2, 0.25) is 0 Å². The van der Waals surface area contributed by atoms with Gasteiger partial charge in [-0.2, -0.15) is 0 Å². The number of aliphatic hydroxyl groups excluding tert-OH is 2. The number of aryl methyl sites for hydroxylation is 1. The summed E-state index contributed by atoms with van der Waals surface area (Å²) in [6.07, 6.45) is 7.06. The topological polar surface area (TPSA) is 147 Å². The summed E-state index contributed by atoms with van der Waals surface area (Å²) in [5, 5.41) is 48.2. The molecule has 4 atom stereocenters. The fourth-order valence-electron chi connectivity index (χ4n) is 7.00. The van der Waals surface area contributed by atoms with Crippen molar-refractivity contribution in [3.63, 3.8) is 0 Å². The lowest BCUT2D eigenvalue weighted by atomic mass is 9.57. The summed E-state index contributed by atoms with van der Waals surface area (Å²) in [6, 6.07) is 0.754. The first-order valence-corrected chi connectivity index (χ1v) is 14.1. The van der Waals surface area contributed by atoms with E-state index in [0.29, 0.717) is 17.5 Å². The molecule has 4 aliphatic carbocycles. The van der Waals surface area contributed by atoms with Gasteiger partial charge in [0.25, 0.3) is 5.91 Å². The molecule has 41 heavy (non-hydrogen) atoms. The number of aliphatic hydroxyl groups is 3. The number of benzene rings is 1. The smallest absolute Gasteiger partial charge is 0.258 e. The molecule has 5 rings (SSSR count). The molecule has 9 heteroatoms. The van der Waals surface area contributed by atoms with E-state index in [2.05, 4.69) is 23.2 Å². The van der Waals surface area contributed by atoms with Crippen molar-refractivity contribution in [1.82, 2.24) is 10.2 Å². The molecule has 0 heterocycles. The molecule has 4 unspecified atom stereocenters. The maximum absolute atomic E-state index is 14.1. The number of Topliss-reactive ketones (excluding diaryl/α,β-unsaturated/α-hetero) is 2. The van der Waals surface area contributed by atoms with Crippen molar-refractivity contribution >= 4 is 23.2 Å². The monoisotopic (exact) mass is 560 g/mol. The number of phenolic OH excluding ortho intramolecular Hbond substituents is 1. The Morgan fingerprint density at radius 1 is 1.17 bits per heavy atom. The molecule has 0 spiro atoms. The molecule has 216 valence electrons. The third-order valence-electron chi connectivity index (χ3n) is 9.05. The summed E-state index contributed by atoms with van der Waals surface area (Å²) in [4.78, 5) is 41.7. The van der Waals surface area contributed by atoms with Crippen molar-refractivity contribution < 1.29 is 34.8 Å². The van der Waals surface area contributed by atoms with Crippen LogP contribution in [0.4, 0.5) is 0 Å². The van der Waals surface area contributed by atoms with Crippen LogP contribution in [0, 0.1) is 23.7 Å². The van der Waals surface area contributed by atoms with Gasteiger partial charge in [-0.25, -0.2) is 0 Å². The van der Waals surface area contributed by atoms with Crippen molar-refractivity contribution in [2.75, 3.05) is 21.1 Å². The summed E-state index contributed by atoms with van der Waals surface area (Å²) in [5.41, 5.74) is -0.449. The normalized spacial score (nSPS) is 27.5. The number of allylic oxidation sites excluding steroid dienone is 2. The van der Waals surface area contributed by atoms with E-state index in [1.165, 1.54) is 11.9 Å². The van der Waals surface area contributed by atoms with E-state index in [0.717, 1.165) is 36.8 Å². The molecule has 5 N–H and O–H groups in total. The molecule has 1 saturated carbocycles. The minimum atomic E-state index is -2.61. The highest BCUT2D eigenvalue weighted by atomic mass is 16.3. The van der Waals surface area contributed by atoms with Crippen LogP contribution in [-0.2, 0) is 27.2 Å². The Morgan fingerprint density at radius 3 is 2.51 bits per heavy atom. The Kier molecular flexibility index (Phi) is 7.35. The van der Waals surface area contributed by atoms with Gasteiger partial charge in [-0.1, -0.05) is 24.8 Å². The van der Waals surface area contributed by atoms with Gasteiger partial charge in [-0.3, -0.25) is 19.3 Å². The number of likely N-dealkylation sites (N-methyl/N-ethyl adjacent to an activating group) is 2. The van der Waals surface area contributed by atoms with Gasteiger partial charge in [-0.15, -0.1) is 0 Å². The second-order valence-corrected chi connectivity index (χ2v) is 11.5. The number of ketones is 2. The molecule has 1 aromatic rings. The van der Waals surface area contributed by atoms with Crippen molar-refractivity contribution in [3.05, 3.63) is 56.9 Å². The molecule has 0 bridgehead atoms. The van der Waals surface area contributed by atoms with Crippen LogP contribution in [0.1, 0.15) is 61.3 Å². The van der Waals surface area contributed by atoms with Crippen molar-refractivity contribution in [2.24, 2.45) is 11.8 Å².